The monoisotopic (exact) mass is 431 g/mol. The molecule has 6 heteroatoms. The van der Waals surface area contributed by atoms with E-state index in [9.17, 15) is 9.59 Å². The number of hydrogen-bond donors (Lipinski definition) is 1. The minimum Gasteiger partial charge on any atom is -0.352 e. The molecule has 4 aromatic rings. The van der Waals surface area contributed by atoms with Gasteiger partial charge in [0.15, 0.2) is 5.78 Å². The topological polar surface area (TPSA) is 64.0 Å². The first-order chi connectivity index (χ1) is 15.1. The minimum atomic E-state index is -0.0907. The number of aryl methyl sites for hydroxylation is 1. The number of para-hydroxylation sites is 2. The summed E-state index contributed by atoms with van der Waals surface area (Å²) in [5.74, 6) is 0.739. The predicted molar refractivity (Wildman–Crippen MR) is 123 cm³/mol. The molecule has 1 heterocycles. The molecule has 156 valence electrons. The molecule has 1 amide bonds. The lowest BCUT2D eigenvalue weighted by Gasteiger charge is -2.10. The molecule has 0 aliphatic carbocycles. The molecule has 0 bridgehead atoms. The number of nitrogens with one attached hydrogen (secondary N) is 1. The van der Waals surface area contributed by atoms with Crippen LogP contribution < -0.4 is 5.32 Å². The molecule has 0 aliphatic heterocycles. The summed E-state index contributed by atoms with van der Waals surface area (Å²) in [4.78, 5) is 29.8. The average molecular weight is 432 g/mol. The number of aromatic nitrogens is 2. The van der Waals surface area contributed by atoms with Crippen molar-refractivity contribution < 1.29 is 9.59 Å². The van der Waals surface area contributed by atoms with Crippen LogP contribution in [0.15, 0.2) is 78.9 Å². The van der Waals surface area contributed by atoms with Gasteiger partial charge in [-0.15, -0.1) is 0 Å². The van der Waals surface area contributed by atoms with Gasteiger partial charge in [0.05, 0.1) is 17.6 Å². The standard InChI is InChI=1S/C25H22ClN3O2/c26-20-14-12-18(13-15-20)23(30)17-29-22-10-5-4-9-21(22)28-24(29)11-6-16-27-25(31)19-7-2-1-3-8-19/h1-5,7-10,12-15H,6,11,16-17H2,(H,27,31). The molecule has 0 saturated carbocycles. The highest BCUT2D eigenvalue weighted by molar-refractivity contribution is 6.30. The fraction of sp³-hybridized carbons (Fsp3) is 0.160. The first-order valence-corrected chi connectivity index (χ1v) is 10.6. The number of amides is 1. The summed E-state index contributed by atoms with van der Waals surface area (Å²) >= 11 is 5.94. The molecule has 0 saturated heterocycles. The van der Waals surface area contributed by atoms with Crippen molar-refractivity contribution in [1.82, 2.24) is 14.9 Å². The number of imidazole rings is 1. The predicted octanol–water partition coefficient (Wildman–Crippen LogP) is 4.94. The van der Waals surface area contributed by atoms with Gasteiger partial charge >= 0.3 is 0 Å². The highest BCUT2D eigenvalue weighted by Crippen LogP contribution is 2.19. The van der Waals surface area contributed by atoms with Crippen LogP contribution in [-0.2, 0) is 13.0 Å². The number of nitrogens with zero attached hydrogens (tertiary/aromatic N) is 2. The Balaban J connectivity index is 1.45. The summed E-state index contributed by atoms with van der Waals surface area (Å²) in [5.41, 5.74) is 3.04. The molecule has 0 spiro atoms. The van der Waals surface area contributed by atoms with E-state index in [0.29, 0.717) is 29.1 Å². The maximum Gasteiger partial charge on any atom is 0.251 e. The lowest BCUT2D eigenvalue weighted by Crippen LogP contribution is -2.25. The van der Waals surface area contributed by atoms with E-state index in [1.54, 1.807) is 36.4 Å². The first-order valence-electron chi connectivity index (χ1n) is 10.2. The Bertz CT molecular complexity index is 1200. The fourth-order valence-electron chi connectivity index (χ4n) is 3.50. The summed E-state index contributed by atoms with van der Waals surface area (Å²) in [6.45, 7) is 0.732. The number of fused-ring (bicyclic) bond motifs is 1. The van der Waals surface area contributed by atoms with E-state index >= 15 is 0 Å². The van der Waals surface area contributed by atoms with Crippen molar-refractivity contribution in [3.63, 3.8) is 0 Å². The smallest absolute Gasteiger partial charge is 0.251 e. The number of benzene rings is 3. The third-order valence-corrected chi connectivity index (χ3v) is 5.35. The zero-order valence-corrected chi connectivity index (χ0v) is 17.7. The van der Waals surface area contributed by atoms with Crippen LogP contribution in [0.25, 0.3) is 11.0 Å². The zero-order valence-electron chi connectivity index (χ0n) is 16.9. The van der Waals surface area contributed by atoms with Crippen LogP contribution in [0.4, 0.5) is 0 Å². The number of Topliss-reactive ketones (excluding diaryl/α,β-unsaturated/α-hetero) is 1. The summed E-state index contributed by atoms with van der Waals surface area (Å²) in [6.07, 6.45) is 1.37. The van der Waals surface area contributed by atoms with Crippen molar-refractivity contribution in [3.05, 3.63) is 101 Å². The quantitative estimate of drug-likeness (QED) is 0.317. The summed E-state index contributed by atoms with van der Waals surface area (Å²) < 4.78 is 1.96. The Hall–Kier alpha value is -3.44. The molecular formula is C25H22ClN3O2. The average Bonchev–Trinajstić information content (AvgIpc) is 3.15. The molecule has 31 heavy (non-hydrogen) atoms. The number of carbonyl (C=O) groups is 2. The van der Waals surface area contributed by atoms with Crippen molar-refractivity contribution in [2.75, 3.05) is 6.54 Å². The van der Waals surface area contributed by atoms with Crippen LogP contribution >= 0.6 is 11.6 Å². The van der Waals surface area contributed by atoms with Gasteiger partial charge in [0.2, 0.25) is 0 Å². The van der Waals surface area contributed by atoms with Gasteiger partial charge in [0, 0.05) is 29.1 Å². The molecule has 5 nitrogen and oxygen atoms in total. The highest BCUT2D eigenvalue weighted by atomic mass is 35.5. The molecule has 0 atom stereocenters. The molecular weight excluding hydrogens is 410 g/mol. The van der Waals surface area contributed by atoms with Crippen molar-refractivity contribution in [2.24, 2.45) is 0 Å². The number of halogens is 1. The van der Waals surface area contributed by atoms with Gasteiger partial charge in [0.1, 0.15) is 5.82 Å². The summed E-state index contributed by atoms with van der Waals surface area (Å²) in [7, 11) is 0. The molecule has 0 fully saturated rings. The molecule has 0 radical (unpaired) electrons. The van der Waals surface area contributed by atoms with Crippen molar-refractivity contribution >= 4 is 34.3 Å². The van der Waals surface area contributed by atoms with E-state index < -0.39 is 0 Å². The highest BCUT2D eigenvalue weighted by Gasteiger charge is 2.15. The minimum absolute atomic E-state index is 0.00144. The summed E-state index contributed by atoms with van der Waals surface area (Å²) in [5, 5.41) is 3.54. The molecule has 3 aromatic carbocycles. The number of hydrogen-bond acceptors (Lipinski definition) is 3. The van der Waals surface area contributed by atoms with Gasteiger partial charge in [0.25, 0.3) is 5.91 Å². The van der Waals surface area contributed by atoms with E-state index in [2.05, 4.69) is 5.32 Å². The molecule has 0 unspecified atom stereocenters. The Morgan fingerprint density at radius 2 is 1.58 bits per heavy atom. The van der Waals surface area contributed by atoms with Gasteiger partial charge < -0.3 is 9.88 Å². The largest absolute Gasteiger partial charge is 0.352 e. The number of ketones is 1. The number of rotatable bonds is 8. The second-order valence-electron chi connectivity index (χ2n) is 7.26. The van der Waals surface area contributed by atoms with Gasteiger partial charge in [-0.2, -0.15) is 0 Å². The van der Waals surface area contributed by atoms with Crippen molar-refractivity contribution in [1.29, 1.82) is 0 Å². The van der Waals surface area contributed by atoms with Crippen LogP contribution in [-0.4, -0.2) is 27.8 Å². The Morgan fingerprint density at radius 3 is 2.35 bits per heavy atom. The van der Waals surface area contributed by atoms with Crippen LogP contribution in [0.1, 0.15) is 33.0 Å². The lowest BCUT2D eigenvalue weighted by atomic mass is 10.1. The van der Waals surface area contributed by atoms with E-state index in [-0.39, 0.29) is 18.2 Å². The zero-order chi connectivity index (χ0) is 21.6. The van der Waals surface area contributed by atoms with Crippen LogP contribution in [0.2, 0.25) is 5.02 Å². The molecule has 1 N–H and O–H groups in total. The lowest BCUT2D eigenvalue weighted by molar-refractivity contribution is 0.0951. The van der Waals surface area contributed by atoms with E-state index in [0.717, 1.165) is 23.3 Å². The normalized spacial score (nSPS) is 10.9. The second-order valence-corrected chi connectivity index (χ2v) is 7.69. The summed E-state index contributed by atoms with van der Waals surface area (Å²) in [6, 6.07) is 23.9. The van der Waals surface area contributed by atoms with Gasteiger partial charge in [-0.05, 0) is 55.0 Å². The van der Waals surface area contributed by atoms with Crippen LogP contribution in [0.5, 0.6) is 0 Å². The first kappa shape index (κ1) is 20.8. The van der Waals surface area contributed by atoms with Crippen LogP contribution in [0, 0.1) is 0 Å². The van der Waals surface area contributed by atoms with Crippen molar-refractivity contribution in [2.45, 2.75) is 19.4 Å². The maximum atomic E-state index is 12.8. The Labute approximate surface area is 185 Å². The van der Waals surface area contributed by atoms with E-state index in [1.165, 1.54) is 0 Å². The van der Waals surface area contributed by atoms with Gasteiger partial charge in [-0.1, -0.05) is 41.9 Å². The Kier molecular flexibility index (Phi) is 6.43. The molecule has 4 rings (SSSR count). The maximum absolute atomic E-state index is 12.8. The van der Waals surface area contributed by atoms with Crippen LogP contribution in [0.3, 0.4) is 0 Å². The Morgan fingerprint density at radius 1 is 0.871 bits per heavy atom. The van der Waals surface area contributed by atoms with Crippen molar-refractivity contribution in [3.8, 4) is 0 Å². The van der Waals surface area contributed by atoms with Gasteiger partial charge in [-0.25, -0.2) is 4.98 Å². The third kappa shape index (κ3) is 5.01. The third-order valence-electron chi connectivity index (χ3n) is 5.10. The fourth-order valence-corrected chi connectivity index (χ4v) is 3.63. The van der Waals surface area contributed by atoms with E-state index in [4.69, 9.17) is 16.6 Å². The van der Waals surface area contributed by atoms with E-state index in [1.807, 2.05) is 47.0 Å². The second kappa shape index (κ2) is 9.58. The molecule has 0 aliphatic rings. The molecule has 1 aromatic heterocycles. The SMILES string of the molecule is O=C(Cn1c(CCCNC(=O)c2ccccc2)nc2ccccc21)c1ccc(Cl)cc1. The number of carbonyl (C=O) groups excluding carboxylic acids is 2. The van der Waals surface area contributed by atoms with Gasteiger partial charge in [-0.3, -0.25) is 9.59 Å².